The number of aliphatic hydroxyl groups excluding tert-OH is 1. The second-order valence-electron chi connectivity index (χ2n) is 9.84. The normalized spacial score (nSPS) is 15.9. The van der Waals surface area contributed by atoms with Crippen molar-refractivity contribution >= 4 is 16.8 Å². The van der Waals surface area contributed by atoms with Crippen LogP contribution in [0, 0.1) is 41.6 Å². The SMILES string of the molecule is COc1ccc2ncc(C)c(C(O)CCC3(C(=O)NO)CCN(CC#Cc4c(F)cc(F)cc4F)CC3)c2c1. The molecule has 1 amide bonds. The number of aliphatic hydroxyl groups is 1. The van der Waals surface area contributed by atoms with Crippen molar-refractivity contribution in [3.63, 3.8) is 0 Å². The summed E-state index contributed by atoms with van der Waals surface area (Å²) < 4.78 is 46.1. The van der Waals surface area contributed by atoms with E-state index >= 15 is 0 Å². The number of hydrogen-bond donors (Lipinski definition) is 3. The number of piperidine rings is 1. The molecule has 4 rings (SSSR count). The fourth-order valence-corrected chi connectivity index (χ4v) is 5.17. The fraction of sp³-hybridized carbons (Fsp3) is 0.379. The molecule has 7 nitrogen and oxygen atoms in total. The average Bonchev–Trinajstić information content (AvgIpc) is 2.93. The fourth-order valence-electron chi connectivity index (χ4n) is 5.17. The predicted molar refractivity (Wildman–Crippen MR) is 138 cm³/mol. The van der Waals surface area contributed by atoms with Gasteiger partial charge in [-0.3, -0.25) is 19.9 Å². The molecule has 1 fully saturated rings. The lowest BCUT2D eigenvalue weighted by molar-refractivity contribution is -0.143. The van der Waals surface area contributed by atoms with E-state index in [9.17, 15) is 28.3 Å². The van der Waals surface area contributed by atoms with Gasteiger partial charge in [0.25, 0.3) is 0 Å². The van der Waals surface area contributed by atoms with E-state index in [-0.39, 0.29) is 13.0 Å². The third-order valence-corrected chi connectivity index (χ3v) is 7.46. The minimum atomic E-state index is -1.06. The first kappa shape index (κ1) is 28.4. The van der Waals surface area contributed by atoms with E-state index in [1.807, 2.05) is 24.0 Å². The van der Waals surface area contributed by atoms with Gasteiger partial charge in [0.2, 0.25) is 5.91 Å². The molecule has 1 aliphatic rings. The standard InChI is InChI=1S/C29H30F3N3O4/c1-18-17-33-25-6-5-20(39-2)16-22(25)27(18)26(36)7-8-29(28(37)34-38)9-12-35(13-10-29)11-3-4-21-23(31)14-19(30)15-24(21)32/h5-6,14-17,26,36,38H,7-13H2,1-2H3,(H,34,37). The Hall–Kier alpha value is -3.65. The van der Waals surface area contributed by atoms with Crippen molar-refractivity contribution in [3.05, 3.63) is 70.7 Å². The zero-order chi connectivity index (χ0) is 28.2. The molecule has 1 aromatic heterocycles. The van der Waals surface area contributed by atoms with Crippen LogP contribution in [-0.2, 0) is 4.79 Å². The zero-order valence-corrected chi connectivity index (χ0v) is 21.7. The molecule has 3 N–H and O–H groups in total. The largest absolute Gasteiger partial charge is 0.497 e. The number of nitrogens with one attached hydrogen (secondary N) is 1. The lowest BCUT2D eigenvalue weighted by atomic mass is 9.73. The van der Waals surface area contributed by atoms with Gasteiger partial charge in [-0.1, -0.05) is 11.8 Å². The van der Waals surface area contributed by atoms with Crippen LogP contribution in [0.1, 0.15) is 48.5 Å². The van der Waals surface area contributed by atoms with Crippen molar-refractivity contribution in [2.75, 3.05) is 26.7 Å². The van der Waals surface area contributed by atoms with Crippen LogP contribution in [0.25, 0.3) is 10.9 Å². The first-order valence-electron chi connectivity index (χ1n) is 12.6. The van der Waals surface area contributed by atoms with E-state index in [2.05, 4.69) is 16.8 Å². The van der Waals surface area contributed by atoms with Crippen molar-refractivity contribution in [2.24, 2.45) is 5.41 Å². The molecular weight excluding hydrogens is 511 g/mol. The van der Waals surface area contributed by atoms with Crippen LogP contribution in [0.15, 0.2) is 36.5 Å². The zero-order valence-electron chi connectivity index (χ0n) is 21.7. The molecule has 0 spiro atoms. The Labute approximate surface area is 224 Å². The summed E-state index contributed by atoms with van der Waals surface area (Å²) in [6, 6.07) is 6.61. The van der Waals surface area contributed by atoms with Crippen molar-refractivity contribution in [2.45, 2.75) is 38.7 Å². The van der Waals surface area contributed by atoms with Crippen molar-refractivity contribution in [1.29, 1.82) is 0 Å². The molecule has 39 heavy (non-hydrogen) atoms. The number of hydrogen-bond acceptors (Lipinski definition) is 6. The third kappa shape index (κ3) is 6.17. The number of fused-ring (bicyclic) bond motifs is 1. The lowest BCUT2D eigenvalue weighted by Gasteiger charge is -2.40. The number of halogens is 3. The molecule has 1 unspecified atom stereocenters. The average molecular weight is 542 g/mol. The monoisotopic (exact) mass is 541 g/mol. The van der Waals surface area contributed by atoms with Crippen molar-refractivity contribution < 1.29 is 33.0 Å². The van der Waals surface area contributed by atoms with Crippen molar-refractivity contribution in [3.8, 4) is 17.6 Å². The summed E-state index contributed by atoms with van der Waals surface area (Å²) in [6.07, 6.45) is 2.18. The van der Waals surface area contributed by atoms with Gasteiger partial charge in [0.15, 0.2) is 0 Å². The Bertz CT molecular complexity index is 1410. The number of aromatic nitrogens is 1. The predicted octanol–water partition coefficient (Wildman–Crippen LogP) is 4.42. The number of likely N-dealkylation sites (tertiary alicyclic amines) is 1. The maximum absolute atomic E-state index is 13.8. The minimum Gasteiger partial charge on any atom is -0.497 e. The van der Waals surface area contributed by atoms with E-state index in [0.29, 0.717) is 61.3 Å². The molecule has 10 heteroatoms. The highest BCUT2D eigenvalue weighted by atomic mass is 19.1. The van der Waals surface area contributed by atoms with Gasteiger partial charge >= 0.3 is 0 Å². The number of ether oxygens (including phenoxy) is 1. The van der Waals surface area contributed by atoms with Crippen LogP contribution < -0.4 is 10.2 Å². The molecule has 2 heterocycles. The highest BCUT2D eigenvalue weighted by molar-refractivity contribution is 5.85. The summed E-state index contributed by atoms with van der Waals surface area (Å²) in [5.74, 6) is 2.12. The number of rotatable bonds is 7. The number of aryl methyl sites for hydroxylation is 1. The topological polar surface area (TPSA) is 94.9 Å². The molecule has 2 aromatic carbocycles. The third-order valence-electron chi connectivity index (χ3n) is 7.46. The number of hydroxylamine groups is 1. The van der Waals surface area contributed by atoms with Crippen LogP contribution in [-0.4, -0.2) is 52.8 Å². The smallest absolute Gasteiger partial charge is 0.249 e. The van der Waals surface area contributed by atoms with Crippen LogP contribution >= 0.6 is 0 Å². The first-order valence-corrected chi connectivity index (χ1v) is 12.6. The Morgan fingerprint density at radius 2 is 1.90 bits per heavy atom. The summed E-state index contributed by atoms with van der Waals surface area (Å²) in [5, 5.41) is 21.5. The van der Waals surface area contributed by atoms with Gasteiger partial charge in [-0.25, -0.2) is 18.7 Å². The highest BCUT2D eigenvalue weighted by Crippen LogP contribution is 2.40. The van der Waals surface area contributed by atoms with Gasteiger partial charge in [0.1, 0.15) is 23.2 Å². The lowest BCUT2D eigenvalue weighted by Crippen LogP contribution is -2.48. The van der Waals surface area contributed by atoms with Gasteiger partial charge < -0.3 is 9.84 Å². The second kappa shape index (κ2) is 12.0. The highest BCUT2D eigenvalue weighted by Gasteiger charge is 2.41. The number of carbonyl (C=O) groups is 1. The summed E-state index contributed by atoms with van der Waals surface area (Å²) in [4.78, 5) is 19.1. The Morgan fingerprint density at radius 3 is 2.54 bits per heavy atom. The summed E-state index contributed by atoms with van der Waals surface area (Å²) >= 11 is 0. The van der Waals surface area contributed by atoms with E-state index in [4.69, 9.17) is 4.74 Å². The molecule has 0 aliphatic carbocycles. The molecule has 1 aliphatic heterocycles. The van der Waals surface area contributed by atoms with E-state index in [1.54, 1.807) is 24.9 Å². The molecule has 1 atom stereocenters. The van der Waals surface area contributed by atoms with Gasteiger partial charge in [-0.2, -0.15) is 0 Å². The van der Waals surface area contributed by atoms with Gasteiger partial charge in [-0.05, 0) is 61.9 Å². The summed E-state index contributed by atoms with van der Waals surface area (Å²) in [7, 11) is 1.56. The minimum absolute atomic E-state index is 0.194. The van der Waals surface area contributed by atoms with Crippen LogP contribution in [0.4, 0.5) is 13.2 Å². The van der Waals surface area contributed by atoms with Crippen LogP contribution in [0.2, 0.25) is 0 Å². The first-order chi connectivity index (χ1) is 18.7. The number of amides is 1. The summed E-state index contributed by atoms with van der Waals surface area (Å²) in [5.41, 5.74) is 2.62. The molecule has 0 radical (unpaired) electrons. The summed E-state index contributed by atoms with van der Waals surface area (Å²) in [6.45, 7) is 2.95. The van der Waals surface area contributed by atoms with Crippen molar-refractivity contribution in [1.82, 2.24) is 15.4 Å². The van der Waals surface area contributed by atoms with Gasteiger partial charge in [0, 0.05) is 36.8 Å². The van der Waals surface area contributed by atoms with E-state index in [1.165, 1.54) is 0 Å². The van der Waals surface area contributed by atoms with Crippen LogP contribution in [0.3, 0.4) is 0 Å². The molecule has 0 bridgehead atoms. The number of nitrogens with zero attached hydrogens (tertiary/aromatic N) is 2. The maximum Gasteiger partial charge on any atom is 0.249 e. The molecular formula is C29H30F3N3O4. The number of carbonyl (C=O) groups excluding carboxylic acids is 1. The molecule has 1 saturated heterocycles. The molecule has 206 valence electrons. The number of methoxy groups -OCH3 is 1. The van der Waals surface area contributed by atoms with Crippen LogP contribution in [0.5, 0.6) is 5.75 Å². The van der Waals surface area contributed by atoms with Gasteiger partial charge in [-0.15, -0.1) is 0 Å². The van der Waals surface area contributed by atoms with E-state index in [0.717, 1.165) is 10.9 Å². The Morgan fingerprint density at radius 1 is 1.21 bits per heavy atom. The quantitative estimate of drug-likeness (QED) is 0.233. The Balaban J connectivity index is 1.45. The Kier molecular flexibility index (Phi) is 8.75. The number of benzene rings is 2. The van der Waals surface area contributed by atoms with Gasteiger partial charge in [0.05, 0.1) is 36.3 Å². The molecule has 3 aromatic rings. The second-order valence-corrected chi connectivity index (χ2v) is 9.84. The van der Waals surface area contributed by atoms with E-state index < -0.39 is 40.4 Å². The maximum atomic E-state index is 13.8. The molecule has 0 saturated carbocycles. The number of pyridine rings is 1.